The van der Waals surface area contributed by atoms with Crippen LogP contribution in [0.25, 0.3) is 16.0 Å². The number of rotatable bonds is 6. The second kappa shape index (κ2) is 9.80. The van der Waals surface area contributed by atoms with E-state index in [0.29, 0.717) is 16.9 Å². The molecule has 0 saturated carbocycles. The average molecular weight is 484 g/mol. The topological polar surface area (TPSA) is 122 Å². The highest BCUT2D eigenvalue weighted by molar-refractivity contribution is 7.90. The molecule has 176 valence electrons. The Balaban J connectivity index is 1.97. The zero-order valence-corrected chi connectivity index (χ0v) is 19.7. The van der Waals surface area contributed by atoms with Crippen molar-refractivity contribution in [3.05, 3.63) is 65.7 Å². The fourth-order valence-corrected chi connectivity index (χ4v) is 3.87. The summed E-state index contributed by atoms with van der Waals surface area (Å²) < 4.78 is 41.6. The van der Waals surface area contributed by atoms with Crippen LogP contribution in [0.5, 0.6) is 0 Å². The van der Waals surface area contributed by atoms with Gasteiger partial charge >= 0.3 is 6.03 Å². The number of aromatic nitrogens is 3. The number of pyridine rings is 1. The summed E-state index contributed by atoms with van der Waals surface area (Å²) in [5.74, 6) is -0.231. The molecule has 3 aromatic rings. The Morgan fingerprint density at radius 1 is 1.15 bits per heavy atom. The number of carbonyl (C=O) groups excluding carboxylic acids is 1. The Morgan fingerprint density at radius 2 is 1.88 bits per heavy atom. The second-order valence-electron chi connectivity index (χ2n) is 7.75. The summed E-state index contributed by atoms with van der Waals surface area (Å²) >= 11 is 0. The molecule has 2 amide bonds. The van der Waals surface area contributed by atoms with E-state index >= 15 is 0 Å². The first-order valence-electron chi connectivity index (χ1n) is 10.0. The maximum absolute atomic E-state index is 14.4. The molecule has 2 heterocycles. The van der Waals surface area contributed by atoms with Gasteiger partial charge in [-0.1, -0.05) is 20.4 Å². The molecule has 0 aliphatic heterocycles. The zero-order valence-electron chi connectivity index (χ0n) is 18.9. The van der Waals surface area contributed by atoms with E-state index in [4.69, 9.17) is 6.57 Å². The zero-order chi connectivity index (χ0) is 25.0. The number of carbonyl (C=O) groups is 1. The lowest BCUT2D eigenvalue weighted by Crippen LogP contribution is -2.35. The number of hydrogen-bond donors (Lipinski definition) is 2. The molecule has 12 heteroatoms. The van der Waals surface area contributed by atoms with Gasteiger partial charge in [-0.3, -0.25) is 0 Å². The Labute approximate surface area is 196 Å². The van der Waals surface area contributed by atoms with E-state index in [1.54, 1.807) is 38.9 Å². The fourth-order valence-electron chi connectivity index (χ4n) is 3.09. The van der Waals surface area contributed by atoms with E-state index in [2.05, 4.69) is 25.1 Å². The van der Waals surface area contributed by atoms with E-state index in [1.165, 1.54) is 30.6 Å². The molecule has 0 aliphatic rings. The van der Waals surface area contributed by atoms with Crippen molar-refractivity contribution < 1.29 is 17.6 Å². The summed E-state index contributed by atoms with van der Waals surface area (Å²) in [6.45, 7) is 10.8. The van der Waals surface area contributed by atoms with Gasteiger partial charge in [0.2, 0.25) is 0 Å². The highest BCUT2D eigenvalue weighted by Crippen LogP contribution is 2.36. The Morgan fingerprint density at radius 3 is 2.47 bits per heavy atom. The molecule has 1 aromatic carbocycles. The van der Waals surface area contributed by atoms with Gasteiger partial charge in [-0.2, -0.15) is 8.42 Å². The van der Waals surface area contributed by atoms with Crippen molar-refractivity contribution in [1.29, 1.82) is 0 Å². The molecule has 0 unspecified atom stereocenters. The first kappa shape index (κ1) is 24.5. The van der Waals surface area contributed by atoms with Crippen LogP contribution in [0.2, 0.25) is 0 Å². The van der Waals surface area contributed by atoms with Crippen molar-refractivity contribution in [3.63, 3.8) is 0 Å². The second-order valence-corrected chi connectivity index (χ2v) is 9.38. The van der Waals surface area contributed by atoms with E-state index in [0.717, 1.165) is 6.20 Å². The molecule has 0 spiro atoms. The number of urea groups is 1. The van der Waals surface area contributed by atoms with Crippen molar-refractivity contribution in [2.24, 2.45) is 0 Å². The number of nitrogens with one attached hydrogen (secondary N) is 2. The highest BCUT2D eigenvalue weighted by Gasteiger charge is 2.23. The lowest BCUT2D eigenvalue weighted by Gasteiger charge is -2.19. The third-order valence-corrected chi connectivity index (χ3v) is 5.96. The average Bonchev–Trinajstić information content (AvgIpc) is 2.79. The minimum atomic E-state index is -4.33. The molecule has 0 saturated heterocycles. The van der Waals surface area contributed by atoms with Crippen molar-refractivity contribution in [1.82, 2.24) is 19.7 Å². The van der Waals surface area contributed by atoms with Crippen molar-refractivity contribution >= 4 is 33.4 Å². The monoisotopic (exact) mass is 483 g/mol. The fraction of sp³-hybridized carbons (Fsp3) is 0.227. The Bertz CT molecular complexity index is 1370. The van der Waals surface area contributed by atoms with Crippen LogP contribution in [-0.4, -0.2) is 43.5 Å². The van der Waals surface area contributed by atoms with Crippen molar-refractivity contribution in [2.75, 3.05) is 24.3 Å². The van der Waals surface area contributed by atoms with Crippen LogP contribution < -0.4 is 14.9 Å². The van der Waals surface area contributed by atoms with Crippen LogP contribution in [-0.2, 0) is 10.0 Å². The molecule has 2 aromatic heterocycles. The lowest BCUT2D eigenvalue weighted by molar-refractivity contribution is 0.256. The van der Waals surface area contributed by atoms with E-state index in [9.17, 15) is 17.6 Å². The predicted molar refractivity (Wildman–Crippen MR) is 126 cm³/mol. The molecule has 0 bridgehead atoms. The van der Waals surface area contributed by atoms with E-state index in [1.807, 2.05) is 4.72 Å². The smallest absolute Gasteiger partial charge is 0.333 e. The molecule has 3 rings (SSSR count). The minimum absolute atomic E-state index is 0.0885. The van der Waals surface area contributed by atoms with Gasteiger partial charge in [0.05, 0.1) is 18.1 Å². The van der Waals surface area contributed by atoms with Crippen molar-refractivity contribution in [2.45, 2.75) is 24.8 Å². The maximum atomic E-state index is 14.4. The number of amides is 2. The molecule has 0 aliphatic carbocycles. The van der Waals surface area contributed by atoms with Crippen LogP contribution in [0.1, 0.15) is 25.3 Å². The first-order chi connectivity index (χ1) is 16.0. The number of halogens is 1. The SMILES string of the molecule is [C-]#[N+]c1cc(-c2cc(F)cc(C(C)C)c2NC(=O)NS(=O)(=O)c2cnc(N(C)C)cn2)ccn1. The van der Waals surface area contributed by atoms with E-state index < -0.39 is 26.9 Å². The Hall–Kier alpha value is -4.11. The molecule has 2 N–H and O–H groups in total. The summed E-state index contributed by atoms with van der Waals surface area (Å²) in [6, 6.07) is 4.42. The first-order valence-corrected chi connectivity index (χ1v) is 11.5. The molecule has 0 radical (unpaired) electrons. The van der Waals surface area contributed by atoms with Gasteiger partial charge in [0.25, 0.3) is 15.8 Å². The third kappa shape index (κ3) is 5.44. The molecule has 0 fully saturated rings. The number of sulfonamides is 1. The molecule has 0 atom stereocenters. The molecule has 10 nitrogen and oxygen atoms in total. The quantitative estimate of drug-likeness (QED) is 0.510. The van der Waals surface area contributed by atoms with Gasteiger partial charge in [0.1, 0.15) is 17.8 Å². The lowest BCUT2D eigenvalue weighted by atomic mass is 9.94. The van der Waals surface area contributed by atoms with Gasteiger partial charge in [0, 0.05) is 19.7 Å². The van der Waals surface area contributed by atoms with Gasteiger partial charge in [-0.05, 0) is 41.3 Å². The Kier molecular flexibility index (Phi) is 7.07. The number of benzene rings is 1. The van der Waals surface area contributed by atoms with E-state index in [-0.39, 0.29) is 23.0 Å². The van der Waals surface area contributed by atoms with Crippen LogP contribution in [0.4, 0.5) is 26.5 Å². The molecular weight excluding hydrogens is 461 g/mol. The van der Waals surface area contributed by atoms with Crippen LogP contribution in [0, 0.1) is 12.4 Å². The van der Waals surface area contributed by atoms with Gasteiger partial charge in [-0.15, -0.1) is 4.98 Å². The summed E-state index contributed by atoms with van der Waals surface area (Å²) in [5.41, 5.74) is 1.36. The summed E-state index contributed by atoms with van der Waals surface area (Å²) in [4.78, 5) is 29.4. The molecule has 34 heavy (non-hydrogen) atoms. The third-order valence-electron chi connectivity index (χ3n) is 4.74. The normalized spacial score (nSPS) is 11.1. The van der Waals surface area contributed by atoms with Gasteiger partial charge in [0.15, 0.2) is 5.03 Å². The highest BCUT2D eigenvalue weighted by atomic mass is 32.2. The number of hydrogen-bond acceptors (Lipinski definition) is 7. The predicted octanol–water partition coefficient (Wildman–Crippen LogP) is 3.93. The number of anilines is 2. The largest absolute Gasteiger partial charge is 0.361 e. The van der Waals surface area contributed by atoms with Gasteiger partial charge in [-0.25, -0.2) is 23.9 Å². The van der Waals surface area contributed by atoms with Crippen LogP contribution in [0.3, 0.4) is 0 Å². The maximum Gasteiger partial charge on any atom is 0.333 e. The minimum Gasteiger partial charge on any atom is -0.361 e. The standard InChI is InChI=1S/C22H22FN7O3S/c1-13(2)16-9-15(23)10-17(14-6-7-25-18(8-14)24-3)21(16)28-22(31)29-34(32,33)20-12-26-19(11-27-20)30(4)5/h6-13H,1-2,4-5H3,(H2,28,29,31). The summed E-state index contributed by atoms with van der Waals surface area (Å²) in [6.07, 6.45) is 3.70. The number of nitrogens with zero attached hydrogens (tertiary/aromatic N) is 5. The van der Waals surface area contributed by atoms with Gasteiger partial charge < -0.3 is 15.1 Å². The molecular formula is C22H22FN7O3S. The van der Waals surface area contributed by atoms with Crippen LogP contribution in [0.15, 0.2) is 47.9 Å². The van der Waals surface area contributed by atoms with Crippen LogP contribution >= 0.6 is 0 Å². The summed E-state index contributed by atoms with van der Waals surface area (Å²) in [7, 11) is -0.884. The van der Waals surface area contributed by atoms with Crippen molar-refractivity contribution in [3.8, 4) is 11.1 Å². The summed E-state index contributed by atoms with van der Waals surface area (Å²) in [5, 5.41) is 2.09.